The van der Waals surface area contributed by atoms with Crippen LogP contribution < -0.4 is 10.1 Å². The van der Waals surface area contributed by atoms with Crippen LogP contribution in [0.15, 0.2) is 18.2 Å². The molecule has 1 N–H and O–H groups in total. The predicted molar refractivity (Wildman–Crippen MR) is 73.4 cm³/mol. The van der Waals surface area contributed by atoms with Gasteiger partial charge in [-0.25, -0.2) is 8.78 Å². The minimum atomic E-state index is -0.529. The van der Waals surface area contributed by atoms with Crippen LogP contribution in [0.1, 0.15) is 40.5 Å². The second-order valence-electron chi connectivity index (χ2n) is 5.73. The Hall–Kier alpha value is -1.16. The molecule has 0 radical (unpaired) electrons. The molecule has 1 unspecified atom stereocenters. The van der Waals surface area contributed by atoms with E-state index in [0.29, 0.717) is 6.54 Å². The molecule has 0 fully saturated rings. The van der Waals surface area contributed by atoms with Crippen molar-refractivity contribution in [3.63, 3.8) is 0 Å². The van der Waals surface area contributed by atoms with Crippen LogP contribution in [0, 0.1) is 11.6 Å². The van der Waals surface area contributed by atoms with Crippen molar-refractivity contribution in [1.29, 1.82) is 0 Å². The summed E-state index contributed by atoms with van der Waals surface area (Å²) in [6.07, 6.45) is 1.55. The molecule has 0 heterocycles. The van der Waals surface area contributed by atoms with Gasteiger partial charge >= 0.3 is 0 Å². The molecule has 0 saturated heterocycles. The van der Waals surface area contributed by atoms with E-state index in [1.807, 2.05) is 6.92 Å². The molecule has 0 saturated carbocycles. The minimum Gasteiger partial charge on any atom is -0.486 e. The van der Waals surface area contributed by atoms with E-state index in [9.17, 15) is 8.78 Å². The Bertz CT molecular complexity index is 402. The number of hydrogen-bond donors (Lipinski definition) is 1. The summed E-state index contributed by atoms with van der Waals surface area (Å²) in [6, 6.07) is 3.27. The lowest BCUT2D eigenvalue weighted by atomic mass is 10.1. The van der Waals surface area contributed by atoms with E-state index in [1.54, 1.807) is 0 Å². The average Bonchev–Trinajstić information content (AvgIpc) is 2.30. The maximum absolute atomic E-state index is 13.5. The number of rotatable bonds is 6. The number of nitrogens with one attached hydrogen (secondary N) is 1. The maximum Gasteiger partial charge on any atom is 0.165 e. The number of benzene rings is 1. The van der Waals surface area contributed by atoms with Crippen molar-refractivity contribution in [2.45, 2.75) is 52.2 Å². The molecule has 19 heavy (non-hydrogen) atoms. The molecule has 1 aromatic rings. The lowest BCUT2D eigenvalue weighted by molar-refractivity contribution is 0.167. The Balaban J connectivity index is 2.69. The van der Waals surface area contributed by atoms with Crippen LogP contribution in [-0.2, 0) is 0 Å². The first-order chi connectivity index (χ1) is 8.81. The molecule has 0 aromatic heterocycles. The zero-order valence-corrected chi connectivity index (χ0v) is 12.1. The predicted octanol–water partition coefficient (Wildman–Crippen LogP) is 3.90. The van der Waals surface area contributed by atoms with E-state index in [-0.39, 0.29) is 17.4 Å². The summed E-state index contributed by atoms with van der Waals surface area (Å²) in [7, 11) is 0. The fourth-order valence-corrected chi connectivity index (χ4v) is 1.69. The normalized spacial score (nSPS) is 13.4. The zero-order chi connectivity index (χ0) is 14.5. The smallest absolute Gasteiger partial charge is 0.165 e. The van der Waals surface area contributed by atoms with Gasteiger partial charge in [-0.05, 0) is 39.3 Å². The molecular formula is C15H23F2NO. The van der Waals surface area contributed by atoms with Gasteiger partial charge in [-0.3, -0.25) is 0 Å². The van der Waals surface area contributed by atoms with E-state index in [0.717, 1.165) is 31.0 Å². The molecule has 0 aliphatic heterocycles. The summed E-state index contributed by atoms with van der Waals surface area (Å²) in [5.74, 6) is -1.04. The third kappa shape index (κ3) is 6.01. The lowest BCUT2D eigenvalue weighted by Crippen LogP contribution is -2.42. The fraction of sp³-hybridized carbons (Fsp3) is 0.600. The summed E-state index contributed by atoms with van der Waals surface area (Å²) in [4.78, 5) is 0. The zero-order valence-electron chi connectivity index (χ0n) is 12.1. The maximum atomic E-state index is 13.5. The van der Waals surface area contributed by atoms with Crippen molar-refractivity contribution in [2.24, 2.45) is 0 Å². The highest BCUT2D eigenvalue weighted by atomic mass is 19.1. The average molecular weight is 271 g/mol. The van der Waals surface area contributed by atoms with E-state index in [1.165, 1.54) is 0 Å². The number of ether oxygens (including phenoxy) is 1. The molecule has 0 bridgehead atoms. The van der Waals surface area contributed by atoms with E-state index < -0.39 is 11.6 Å². The topological polar surface area (TPSA) is 21.3 Å². The van der Waals surface area contributed by atoms with Gasteiger partial charge in [0, 0.05) is 18.2 Å². The van der Waals surface area contributed by atoms with Gasteiger partial charge in [0.15, 0.2) is 11.6 Å². The van der Waals surface area contributed by atoms with Crippen molar-refractivity contribution in [1.82, 2.24) is 5.32 Å². The third-order valence-electron chi connectivity index (χ3n) is 2.66. The monoisotopic (exact) mass is 271 g/mol. The molecule has 4 heteroatoms. The van der Waals surface area contributed by atoms with Crippen LogP contribution in [0.3, 0.4) is 0 Å². The van der Waals surface area contributed by atoms with E-state index in [2.05, 4.69) is 26.1 Å². The largest absolute Gasteiger partial charge is 0.486 e. The van der Waals surface area contributed by atoms with Gasteiger partial charge in [0.2, 0.25) is 0 Å². The highest BCUT2D eigenvalue weighted by Crippen LogP contribution is 2.20. The summed E-state index contributed by atoms with van der Waals surface area (Å²) in [5.41, 5.74) is -0.0319. The van der Waals surface area contributed by atoms with Crippen LogP contribution in [0.25, 0.3) is 0 Å². The van der Waals surface area contributed by atoms with E-state index in [4.69, 9.17) is 4.74 Å². The van der Waals surface area contributed by atoms with E-state index >= 15 is 0 Å². The van der Waals surface area contributed by atoms with Crippen molar-refractivity contribution >= 4 is 0 Å². The first-order valence-corrected chi connectivity index (χ1v) is 6.68. The van der Waals surface area contributed by atoms with Crippen molar-refractivity contribution in [2.75, 3.05) is 6.54 Å². The first-order valence-electron chi connectivity index (χ1n) is 6.68. The van der Waals surface area contributed by atoms with Crippen LogP contribution in [0.5, 0.6) is 5.75 Å². The SMILES string of the molecule is CCCC(CNC(C)(C)C)Oc1cc(F)ccc1F. The third-order valence-corrected chi connectivity index (χ3v) is 2.66. The summed E-state index contributed by atoms with van der Waals surface area (Å²) in [5, 5.41) is 3.32. The summed E-state index contributed by atoms with van der Waals surface area (Å²) >= 11 is 0. The molecule has 0 spiro atoms. The van der Waals surface area contributed by atoms with Gasteiger partial charge in [-0.1, -0.05) is 13.3 Å². The van der Waals surface area contributed by atoms with Crippen LogP contribution in [0.4, 0.5) is 8.78 Å². The molecule has 0 aliphatic rings. The molecule has 0 aliphatic carbocycles. The Labute approximate surface area is 114 Å². The van der Waals surface area contributed by atoms with Gasteiger partial charge < -0.3 is 10.1 Å². The van der Waals surface area contributed by atoms with Crippen LogP contribution in [-0.4, -0.2) is 18.2 Å². The van der Waals surface area contributed by atoms with Gasteiger partial charge in [-0.2, -0.15) is 0 Å². The molecule has 1 rings (SSSR count). The Morgan fingerprint density at radius 3 is 2.53 bits per heavy atom. The molecule has 2 nitrogen and oxygen atoms in total. The first kappa shape index (κ1) is 15.9. The minimum absolute atomic E-state index is 0.0193. The standard InChI is InChI=1S/C15H23F2NO/c1-5-6-12(10-18-15(2,3)4)19-14-9-11(16)7-8-13(14)17/h7-9,12,18H,5-6,10H2,1-4H3. The Morgan fingerprint density at radius 2 is 1.95 bits per heavy atom. The second-order valence-corrected chi connectivity index (χ2v) is 5.73. The Kier molecular flexibility index (Phi) is 5.73. The van der Waals surface area contributed by atoms with Crippen molar-refractivity contribution in [3.05, 3.63) is 29.8 Å². The Morgan fingerprint density at radius 1 is 1.26 bits per heavy atom. The summed E-state index contributed by atoms with van der Waals surface area (Å²) < 4.78 is 32.2. The number of hydrogen-bond acceptors (Lipinski definition) is 2. The van der Waals surface area contributed by atoms with Crippen molar-refractivity contribution < 1.29 is 13.5 Å². The van der Waals surface area contributed by atoms with Crippen molar-refractivity contribution in [3.8, 4) is 5.75 Å². The number of halogens is 2. The quantitative estimate of drug-likeness (QED) is 0.847. The molecule has 1 atom stereocenters. The van der Waals surface area contributed by atoms with Crippen LogP contribution in [0.2, 0.25) is 0 Å². The van der Waals surface area contributed by atoms with Crippen LogP contribution >= 0.6 is 0 Å². The second kappa shape index (κ2) is 6.85. The molecule has 1 aromatic carbocycles. The molecule has 108 valence electrons. The molecule has 0 amide bonds. The van der Waals surface area contributed by atoms with Gasteiger partial charge in [0.1, 0.15) is 11.9 Å². The van der Waals surface area contributed by atoms with Gasteiger partial charge in [0.05, 0.1) is 0 Å². The van der Waals surface area contributed by atoms with Gasteiger partial charge in [0.25, 0.3) is 0 Å². The fourth-order valence-electron chi connectivity index (χ4n) is 1.69. The van der Waals surface area contributed by atoms with Gasteiger partial charge in [-0.15, -0.1) is 0 Å². The highest BCUT2D eigenvalue weighted by Gasteiger charge is 2.16. The lowest BCUT2D eigenvalue weighted by Gasteiger charge is -2.26. The molecular weight excluding hydrogens is 248 g/mol. The summed E-state index contributed by atoms with van der Waals surface area (Å²) in [6.45, 7) is 8.80. The highest BCUT2D eigenvalue weighted by molar-refractivity contribution is 5.25.